The van der Waals surface area contributed by atoms with Gasteiger partial charge in [0.05, 0.1) is 6.54 Å². The lowest BCUT2D eigenvalue weighted by atomic mass is 9.82. The van der Waals surface area contributed by atoms with Crippen molar-refractivity contribution in [2.75, 3.05) is 6.54 Å². The molecule has 3 unspecified atom stereocenters. The molecule has 37 heavy (non-hydrogen) atoms. The third kappa shape index (κ3) is 6.52. The second kappa shape index (κ2) is 14.5. The summed E-state index contributed by atoms with van der Waals surface area (Å²) in [6.07, 6.45) is 13.5. The van der Waals surface area contributed by atoms with Crippen molar-refractivity contribution in [3.63, 3.8) is 0 Å². The first kappa shape index (κ1) is 29.1. The summed E-state index contributed by atoms with van der Waals surface area (Å²) in [5, 5.41) is 11.0. The second-order valence-corrected chi connectivity index (χ2v) is 10.5. The summed E-state index contributed by atoms with van der Waals surface area (Å²) < 4.78 is 7.03. The minimum absolute atomic E-state index is 0.206. The quantitative estimate of drug-likeness (QED) is 0.150. The smallest absolute Gasteiger partial charge is 0.302 e. The SMILES string of the molecule is CCCCC1=C(CCCC)[N+](C#N)(CCCC)C(OC(N)c2ccccc2)c2cccc(CCCC)c21. The zero-order valence-electron chi connectivity index (χ0n) is 23.6. The number of hydrogen-bond donors (Lipinski definition) is 1. The second-order valence-electron chi connectivity index (χ2n) is 10.5. The molecule has 3 rings (SSSR count). The summed E-state index contributed by atoms with van der Waals surface area (Å²) in [4.78, 5) is 0. The molecule has 0 aromatic heterocycles. The number of nitrogens with two attached hydrogens (primary N) is 1. The van der Waals surface area contributed by atoms with Crippen molar-refractivity contribution in [2.24, 2.45) is 5.73 Å². The fraction of sp³-hybridized carbons (Fsp3) is 0.545. The van der Waals surface area contributed by atoms with E-state index in [-0.39, 0.29) is 4.48 Å². The molecule has 2 aromatic carbocycles. The summed E-state index contributed by atoms with van der Waals surface area (Å²) in [5.41, 5.74) is 14.2. The number of aryl methyl sites for hydroxylation is 1. The summed E-state index contributed by atoms with van der Waals surface area (Å²) in [5.74, 6) is 0. The van der Waals surface area contributed by atoms with Gasteiger partial charge in [0.25, 0.3) is 0 Å². The normalized spacial score (nSPS) is 19.9. The number of allylic oxidation sites excluding steroid dienone is 2. The van der Waals surface area contributed by atoms with Crippen LogP contribution in [0.1, 0.15) is 127 Å². The van der Waals surface area contributed by atoms with Gasteiger partial charge in [0.2, 0.25) is 6.23 Å². The molecule has 2 N–H and O–H groups in total. The van der Waals surface area contributed by atoms with E-state index < -0.39 is 12.5 Å². The summed E-state index contributed by atoms with van der Waals surface area (Å²) in [7, 11) is 0. The van der Waals surface area contributed by atoms with Crippen molar-refractivity contribution in [1.82, 2.24) is 0 Å². The number of quaternary nitrogens is 1. The van der Waals surface area contributed by atoms with Crippen molar-refractivity contribution in [1.29, 1.82) is 5.26 Å². The molecule has 4 heteroatoms. The van der Waals surface area contributed by atoms with Gasteiger partial charge in [-0.2, -0.15) is 4.48 Å². The highest BCUT2D eigenvalue weighted by molar-refractivity contribution is 5.74. The van der Waals surface area contributed by atoms with E-state index in [2.05, 4.69) is 52.1 Å². The first-order valence-electron chi connectivity index (χ1n) is 14.7. The fourth-order valence-electron chi connectivity index (χ4n) is 5.71. The molecule has 0 bridgehead atoms. The summed E-state index contributed by atoms with van der Waals surface area (Å²) in [6.45, 7) is 9.69. The molecule has 0 fully saturated rings. The van der Waals surface area contributed by atoms with Crippen LogP contribution in [0.25, 0.3) is 5.57 Å². The number of ether oxygens (including phenoxy) is 1. The molecule has 200 valence electrons. The van der Waals surface area contributed by atoms with Crippen LogP contribution in [0.5, 0.6) is 0 Å². The van der Waals surface area contributed by atoms with Crippen LogP contribution >= 0.6 is 0 Å². The molecule has 1 heterocycles. The maximum Gasteiger partial charge on any atom is 0.316 e. The maximum atomic E-state index is 11.0. The Balaban J connectivity index is 2.28. The number of nitriles is 1. The molecule has 0 spiro atoms. The lowest BCUT2D eigenvalue weighted by Crippen LogP contribution is -2.51. The number of nitrogens with zero attached hydrogens (tertiary/aromatic N) is 2. The zero-order chi connectivity index (χ0) is 26.7. The Morgan fingerprint density at radius 3 is 2.14 bits per heavy atom. The van der Waals surface area contributed by atoms with E-state index in [1.54, 1.807) is 0 Å². The van der Waals surface area contributed by atoms with E-state index in [1.807, 2.05) is 30.3 Å². The summed E-state index contributed by atoms with van der Waals surface area (Å²) in [6, 6.07) is 16.7. The van der Waals surface area contributed by atoms with Crippen LogP contribution in [0.4, 0.5) is 0 Å². The predicted molar refractivity (Wildman–Crippen MR) is 154 cm³/mol. The van der Waals surface area contributed by atoms with Crippen LogP contribution in [-0.4, -0.2) is 11.0 Å². The highest BCUT2D eigenvalue weighted by Gasteiger charge is 2.50. The third-order valence-electron chi connectivity index (χ3n) is 7.77. The van der Waals surface area contributed by atoms with Gasteiger partial charge in [-0.05, 0) is 61.3 Å². The van der Waals surface area contributed by atoms with Crippen LogP contribution in [0, 0.1) is 11.5 Å². The molecule has 3 atom stereocenters. The van der Waals surface area contributed by atoms with Gasteiger partial charge in [-0.25, -0.2) is 0 Å². The van der Waals surface area contributed by atoms with Crippen LogP contribution in [0.15, 0.2) is 54.2 Å². The number of rotatable bonds is 15. The van der Waals surface area contributed by atoms with Gasteiger partial charge >= 0.3 is 6.19 Å². The van der Waals surface area contributed by atoms with Gasteiger partial charge in [0.15, 0.2) is 0 Å². The van der Waals surface area contributed by atoms with Crippen LogP contribution in [0.3, 0.4) is 0 Å². The third-order valence-corrected chi connectivity index (χ3v) is 7.77. The van der Waals surface area contributed by atoms with E-state index in [9.17, 15) is 5.26 Å². The van der Waals surface area contributed by atoms with E-state index in [0.717, 1.165) is 88.3 Å². The Morgan fingerprint density at radius 1 is 0.838 bits per heavy atom. The van der Waals surface area contributed by atoms with Crippen molar-refractivity contribution < 1.29 is 9.22 Å². The Kier molecular flexibility index (Phi) is 11.4. The zero-order valence-corrected chi connectivity index (χ0v) is 23.6. The Bertz CT molecular complexity index is 1050. The number of fused-ring (bicyclic) bond motifs is 1. The lowest BCUT2D eigenvalue weighted by molar-refractivity contribution is -0.890. The van der Waals surface area contributed by atoms with Crippen LogP contribution in [-0.2, 0) is 11.2 Å². The van der Waals surface area contributed by atoms with Crippen molar-refractivity contribution in [3.05, 3.63) is 76.5 Å². The minimum Gasteiger partial charge on any atom is -0.302 e. The highest BCUT2D eigenvalue weighted by atomic mass is 16.5. The van der Waals surface area contributed by atoms with E-state index in [4.69, 9.17) is 10.5 Å². The average molecular weight is 503 g/mol. The minimum atomic E-state index is -0.601. The van der Waals surface area contributed by atoms with Gasteiger partial charge < -0.3 is 10.5 Å². The fourth-order valence-corrected chi connectivity index (χ4v) is 5.71. The van der Waals surface area contributed by atoms with E-state index >= 15 is 0 Å². The Hall–Kier alpha value is -2.45. The summed E-state index contributed by atoms with van der Waals surface area (Å²) >= 11 is 0. The number of unbranched alkanes of at least 4 members (excludes halogenated alkanes) is 4. The van der Waals surface area contributed by atoms with Crippen molar-refractivity contribution >= 4 is 5.57 Å². The van der Waals surface area contributed by atoms with Crippen molar-refractivity contribution in [2.45, 2.75) is 111 Å². The average Bonchev–Trinajstić information content (AvgIpc) is 2.94. The predicted octanol–water partition coefficient (Wildman–Crippen LogP) is 8.90. The van der Waals surface area contributed by atoms with Crippen LogP contribution in [0.2, 0.25) is 0 Å². The van der Waals surface area contributed by atoms with Gasteiger partial charge in [-0.3, -0.25) is 0 Å². The molecule has 0 aliphatic carbocycles. The highest BCUT2D eigenvalue weighted by Crippen LogP contribution is 2.50. The first-order valence-corrected chi connectivity index (χ1v) is 14.7. The number of benzene rings is 2. The number of hydrogen-bond acceptors (Lipinski definition) is 3. The lowest BCUT2D eigenvalue weighted by Gasteiger charge is -2.44. The molecular formula is C33H48N3O+. The van der Waals surface area contributed by atoms with Crippen molar-refractivity contribution in [3.8, 4) is 6.19 Å². The van der Waals surface area contributed by atoms with Gasteiger partial charge in [0.1, 0.15) is 11.9 Å². The topological polar surface area (TPSA) is 59.0 Å². The molecule has 0 saturated heterocycles. The molecule has 0 radical (unpaired) electrons. The molecule has 1 aliphatic rings. The van der Waals surface area contributed by atoms with Gasteiger partial charge in [0, 0.05) is 17.6 Å². The molecule has 2 aromatic rings. The monoisotopic (exact) mass is 502 g/mol. The Morgan fingerprint density at radius 2 is 1.49 bits per heavy atom. The largest absolute Gasteiger partial charge is 0.316 e. The molecular weight excluding hydrogens is 454 g/mol. The first-order chi connectivity index (χ1) is 18.1. The molecule has 0 amide bonds. The van der Waals surface area contributed by atoms with Crippen LogP contribution < -0.4 is 5.73 Å². The van der Waals surface area contributed by atoms with Gasteiger partial charge in [-0.1, -0.05) is 95.8 Å². The molecule has 0 saturated carbocycles. The molecule has 1 aliphatic heterocycles. The van der Waals surface area contributed by atoms with Gasteiger partial charge in [-0.15, -0.1) is 5.26 Å². The Labute approximate surface area is 225 Å². The van der Waals surface area contributed by atoms with E-state index in [0.29, 0.717) is 0 Å². The molecule has 4 nitrogen and oxygen atoms in total. The maximum absolute atomic E-state index is 11.0. The van der Waals surface area contributed by atoms with E-state index in [1.165, 1.54) is 22.4 Å². The standard InChI is InChI=1S/C33H48N3O/c1-5-9-17-26-20-16-22-29-31(26)28(21-10-6-2)30(23-11-7-3)36(25-34,24-12-8-4)33(29)37-32(35)27-18-14-13-15-19-27/h13-16,18-20,22,32-33H,5-12,17,21,23-24,35H2,1-4H3/q+1.